The number of fused-ring (bicyclic) bond motifs is 1. The number of carbonyl (C=O) groups excluding carboxylic acids is 2. The van der Waals surface area contributed by atoms with Gasteiger partial charge in [-0.2, -0.15) is 0 Å². The summed E-state index contributed by atoms with van der Waals surface area (Å²) in [4.78, 5) is 42.6. The average molecular weight is 523 g/mol. The van der Waals surface area contributed by atoms with Gasteiger partial charge in [0, 0.05) is 12.5 Å². The predicted octanol–water partition coefficient (Wildman–Crippen LogP) is 5.08. The number of anilines is 1. The highest BCUT2D eigenvalue weighted by Crippen LogP contribution is 2.37. The van der Waals surface area contributed by atoms with Crippen LogP contribution in [-0.4, -0.2) is 37.5 Å². The molecule has 4 rings (SSSR count). The molecule has 0 fully saturated rings. The number of methoxy groups -OCH3 is 2. The molecule has 4 aromatic rings. The van der Waals surface area contributed by atoms with Crippen LogP contribution in [0.15, 0.2) is 39.5 Å². The maximum Gasteiger partial charge on any atom is 0.264 e. The van der Waals surface area contributed by atoms with Crippen LogP contribution in [0.4, 0.5) is 5.13 Å². The van der Waals surface area contributed by atoms with Crippen LogP contribution in [0, 0.1) is 20.8 Å². The van der Waals surface area contributed by atoms with Crippen molar-refractivity contribution in [2.24, 2.45) is 0 Å². The Morgan fingerprint density at radius 1 is 1.03 bits per heavy atom. The lowest BCUT2D eigenvalue weighted by Crippen LogP contribution is -2.22. The van der Waals surface area contributed by atoms with Gasteiger partial charge in [-0.3, -0.25) is 19.7 Å². The first-order chi connectivity index (χ1) is 17.6. The highest BCUT2D eigenvalue weighted by molar-refractivity contribution is 7.17. The summed E-state index contributed by atoms with van der Waals surface area (Å²) >= 11 is 1.08. The fourth-order valence-electron chi connectivity index (χ4n) is 3.80. The zero-order chi connectivity index (χ0) is 26.9. The molecule has 37 heavy (non-hydrogen) atoms. The first-order valence-electron chi connectivity index (χ1n) is 11.3. The number of benzene rings is 2. The van der Waals surface area contributed by atoms with E-state index >= 15 is 0 Å². The van der Waals surface area contributed by atoms with E-state index in [0.29, 0.717) is 38.6 Å². The topological polar surface area (TPSA) is 117 Å². The van der Waals surface area contributed by atoms with E-state index in [2.05, 4.69) is 10.3 Å². The molecule has 0 bridgehead atoms. The molecule has 0 saturated heterocycles. The standard InChI is InChI=1S/C27H26N2O7S/c1-13-9-18-20(10-14(13)2)36-24(17-7-8-19(33-5)21(11-17)34-6)25(23(18)32)35-12-22(31)29-27-28-15(3)26(37-27)16(4)30/h7-11H,12H2,1-6H3,(H,28,29,31). The fraction of sp³-hybridized carbons (Fsp3) is 0.259. The molecule has 2 heterocycles. The zero-order valence-corrected chi connectivity index (χ0v) is 22.1. The van der Waals surface area contributed by atoms with Crippen LogP contribution in [0.3, 0.4) is 0 Å². The molecule has 0 aliphatic carbocycles. The maximum absolute atomic E-state index is 13.5. The van der Waals surface area contributed by atoms with Gasteiger partial charge >= 0.3 is 0 Å². The van der Waals surface area contributed by atoms with Crippen molar-refractivity contribution in [2.45, 2.75) is 27.7 Å². The Morgan fingerprint density at radius 3 is 2.38 bits per heavy atom. The van der Waals surface area contributed by atoms with Crippen molar-refractivity contribution in [3.63, 3.8) is 0 Å². The summed E-state index contributed by atoms with van der Waals surface area (Å²) in [5, 5.41) is 3.22. The Hall–Kier alpha value is -4.18. The monoisotopic (exact) mass is 522 g/mol. The summed E-state index contributed by atoms with van der Waals surface area (Å²) in [6.07, 6.45) is 0. The van der Waals surface area contributed by atoms with Gasteiger partial charge in [0.15, 0.2) is 34.8 Å². The molecule has 0 spiro atoms. The number of carbonyl (C=O) groups is 2. The molecule has 0 unspecified atom stereocenters. The SMILES string of the molecule is COc1ccc(-c2oc3cc(C)c(C)cc3c(=O)c2OCC(=O)Nc2nc(C)c(C(C)=O)s2)cc1OC. The molecule has 10 heteroatoms. The van der Waals surface area contributed by atoms with E-state index in [1.807, 2.05) is 13.8 Å². The van der Waals surface area contributed by atoms with Crippen molar-refractivity contribution in [1.29, 1.82) is 0 Å². The third kappa shape index (κ3) is 5.19. The Balaban J connectivity index is 1.73. The van der Waals surface area contributed by atoms with Crippen LogP contribution in [0.5, 0.6) is 17.2 Å². The number of hydrogen-bond donors (Lipinski definition) is 1. The summed E-state index contributed by atoms with van der Waals surface area (Å²) in [5.74, 6) is 0.307. The van der Waals surface area contributed by atoms with Crippen molar-refractivity contribution in [2.75, 3.05) is 26.1 Å². The second-order valence-corrected chi connectivity index (χ2v) is 9.42. The van der Waals surface area contributed by atoms with Crippen molar-refractivity contribution in [3.8, 4) is 28.6 Å². The van der Waals surface area contributed by atoms with Crippen LogP contribution in [0.2, 0.25) is 0 Å². The number of thiazole rings is 1. The number of nitrogens with zero attached hydrogens (tertiary/aromatic N) is 1. The van der Waals surface area contributed by atoms with Gasteiger partial charge in [0.05, 0.1) is 30.2 Å². The minimum Gasteiger partial charge on any atom is -0.493 e. The summed E-state index contributed by atoms with van der Waals surface area (Å²) < 4.78 is 22.6. The molecule has 1 amide bonds. The first-order valence-corrected chi connectivity index (χ1v) is 12.2. The maximum atomic E-state index is 13.5. The second-order valence-electron chi connectivity index (χ2n) is 8.42. The van der Waals surface area contributed by atoms with Gasteiger partial charge in [0.1, 0.15) is 5.58 Å². The largest absolute Gasteiger partial charge is 0.493 e. The van der Waals surface area contributed by atoms with Gasteiger partial charge in [0.25, 0.3) is 5.91 Å². The van der Waals surface area contributed by atoms with Crippen LogP contribution >= 0.6 is 11.3 Å². The third-order valence-corrected chi connectivity index (χ3v) is 6.99. The van der Waals surface area contributed by atoms with Gasteiger partial charge in [-0.25, -0.2) is 4.98 Å². The van der Waals surface area contributed by atoms with Crippen molar-refractivity contribution in [1.82, 2.24) is 4.98 Å². The number of Topliss-reactive ketones (excluding diaryl/α,β-unsaturated/α-hetero) is 1. The van der Waals surface area contributed by atoms with E-state index in [9.17, 15) is 14.4 Å². The lowest BCUT2D eigenvalue weighted by atomic mass is 10.0. The lowest BCUT2D eigenvalue weighted by Gasteiger charge is -2.14. The van der Waals surface area contributed by atoms with E-state index in [4.69, 9.17) is 18.6 Å². The van der Waals surface area contributed by atoms with E-state index in [1.54, 1.807) is 37.3 Å². The molecule has 1 N–H and O–H groups in total. The van der Waals surface area contributed by atoms with Crippen LogP contribution in [-0.2, 0) is 4.79 Å². The Morgan fingerprint density at radius 2 is 1.73 bits per heavy atom. The van der Waals surface area contributed by atoms with Crippen molar-refractivity contribution < 1.29 is 28.2 Å². The second kappa shape index (κ2) is 10.4. The minimum absolute atomic E-state index is 0.113. The highest BCUT2D eigenvalue weighted by atomic mass is 32.1. The lowest BCUT2D eigenvalue weighted by molar-refractivity contribution is -0.118. The smallest absolute Gasteiger partial charge is 0.264 e. The van der Waals surface area contributed by atoms with Crippen molar-refractivity contribution in [3.05, 3.63) is 62.3 Å². The predicted molar refractivity (Wildman–Crippen MR) is 141 cm³/mol. The molecule has 0 aliphatic heterocycles. The van der Waals surface area contributed by atoms with E-state index < -0.39 is 17.9 Å². The Labute approximate surface area is 217 Å². The normalized spacial score (nSPS) is 10.9. The van der Waals surface area contributed by atoms with Gasteiger partial charge in [-0.05, 0) is 62.2 Å². The summed E-state index contributed by atoms with van der Waals surface area (Å²) in [6, 6.07) is 8.60. The van der Waals surface area contributed by atoms with Crippen molar-refractivity contribution >= 4 is 39.1 Å². The molecule has 0 aliphatic rings. The van der Waals surface area contributed by atoms with Crippen LogP contribution < -0.4 is 25.0 Å². The number of aromatic nitrogens is 1. The molecule has 2 aromatic heterocycles. The molecule has 192 valence electrons. The first kappa shape index (κ1) is 25.9. The van der Waals surface area contributed by atoms with E-state index in [-0.39, 0.29) is 22.4 Å². The summed E-state index contributed by atoms with van der Waals surface area (Å²) in [6.45, 7) is 6.48. The van der Waals surface area contributed by atoms with Crippen LogP contribution in [0.25, 0.3) is 22.3 Å². The Kier molecular flexibility index (Phi) is 7.30. The molecule has 0 atom stereocenters. The molecule has 0 saturated carbocycles. The van der Waals surface area contributed by atoms with Gasteiger partial charge < -0.3 is 18.6 Å². The number of nitrogens with one attached hydrogen (secondary N) is 1. The number of ether oxygens (including phenoxy) is 3. The molecule has 9 nitrogen and oxygen atoms in total. The summed E-state index contributed by atoms with van der Waals surface area (Å²) in [7, 11) is 3.03. The molecule has 0 radical (unpaired) electrons. The van der Waals surface area contributed by atoms with E-state index in [1.165, 1.54) is 21.1 Å². The number of hydrogen-bond acceptors (Lipinski definition) is 9. The van der Waals surface area contributed by atoms with Crippen LogP contribution in [0.1, 0.15) is 33.4 Å². The molecular weight excluding hydrogens is 496 g/mol. The molecular formula is C27H26N2O7S. The molecule has 2 aromatic carbocycles. The average Bonchev–Trinajstić information content (AvgIpc) is 3.24. The number of rotatable bonds is 8. The van der Waals surface area contributed by atoms with Gasteiger partial charge in [0.2, 0.25) is 11.2 Å². The number of amides is 1. The van der Waals surface area contributed by atoms with Gasteiger partial charge in [-0.15, -0.1) is 0 Å². The number of ketones is 1. The minimum atomic E-state index is -0.540. The third-order valence-electron chi connectivity index (χ3n) is 5.82. The zero-order valence-electron chi connectivity index (χ0n) is 21.3. The Bertz CT molecular complexity index is 1590. The van der Waals surface area contributed by atoms with Gasteiger partial charge in [-0.1, -0.05) is 11.3 Å². The summed E-state index contributed by atoms with van der Waals surface area (Å²) in [5.41, 5.74) is 2.90. The fourth-order valence-corrected chi connectivity index (χ4v) is 4.68. The quantitative estimate of drug-likeness (QED) is 0.319. The number of aryl methyl sites for hydroxylation is 3. The highest BCUT2D eigenvalue weighted by Gasteiger charge is 2.21. The van der Waals surface area contributed by atoms with E-state index in [0.717, 1.165) is 22.5 Å².